The smallest absolute Gasteiger partial charge is 0.132 e. The number of hydrogen-bond acceptors (Lipinski definition) is 3. The van der Waals surface area contributed by atoms with Gasteiger partial charge in [0.05, 0.1) is 5.69 Å². The standard InChI is InChI=1S/C13H9FN2S/c14-8-5-6-11-9(7-8)13(15)16-10-3-1-2-4-12(10)17-11/h1-7H,(H2,15,16). The van der Waals surface area contributed by atoms with Gasteiger partial charge < -0.3 is 5.73 Å². The van der Waals surface area contributed by atoms with E-state index in [0.717, 1.165) is 15.5 Å². The number of nitrogens with two attached hydrogens (primary N) is 1. The summed E-state index contributed by atoms with van der Waals surface area (Å²) in [7, 11) is 0. The van der Waals surface area contributed by atoms with Crippen LogP contribution >= 0.6 is 11.8 Å². The predicted molar refractivity (Wildman–Crippen MR) is 67.3 cm³/mol. The number of halogens is 1. The fourth-order valence-electron chi connectivity index (χ4n) is 1.74. The molecule has 17 heavy (non-hydrogen) atoms. The fourth-order valence-corrected chi connectivity index (χ4v) is 2.75. The van der Waals surface area contributed by atoms with Gasteiger partial charge in [0.1, 0.15) is 11.7 Å². The number of amidine groups is 1. The van der Waals surface area contributed by atoms with E-state index in [4.69, 9.17) is 5.73 Å². The second kappa shape index (κ2) is 3.89. The van der Waals surface area contributed by atoms with Crippen molar-refractivity contribution in [3.8, 4) is 0 Å². The Morgan fingerprint density at radius 3 is 2.76 bits per heavy atom. The first kappa shape index (κ1) is 10.4. The summed E-state index contributed by atoms with van der Waals surface area (Å²) >= 11 is 1.55. The molecule has 2 aromatic carbocycles. The predicted octanol–water partition coefficient (Wildman–Crippen LogP) is 3.33. The summed E-state index contributed by atoms with van der Waals surface area (Å²) in [5.41, 5.74) is 7.38. The van der Waals surface area contributed by atoms with Crippen molar-refractivity contribution in [1.29, 1.82) is 0 Å². The van der Waals surface area contributed by atoms with Gasteiger partial charge in [0.25, 0.3) is 0 Å². The molecule has 0 amide bonds. The molecule has 0 atom stereocenters. The Labute approximate surface area is 102 Å². The lowest BCUT2D eigenvalue weighted by Crippen LogP contribution is -2.13. The lowest BCUT2D eigenvalue weighted by Gasteiger charge is -2.05. The van der Waals surface area contributed by atoms with Crippen molar-refractivity contribution in [3.05, 3.63) is 53.8 Å². The van der Waals surface area contributed by atoms with Crippen LogP contribution in [0.2, 0.25) is 0 Å². The molecule has 2 nitrogen and oxygen atoms in total. The number of hydrogen-bond donors (Lipinski definition) is 1. The van der Waals surface area contributed by atoms with Crippen LogP contribution in [0.4, 0.5) is 10.1 Å². The molecule has 84 valence electrons. The van der Waals surface area contributed by atoms with E-state index >= 15 is 0 Å². The molecular weight excluding hydrogens is 235 g/mol. The van der Waals surface area contributed by atoms with Gasteiger partial charge in [-0.2, -0.15) is 0 Å². The molecule has 4 heteroatoms. The highest BCUT2D eigenvalue weighted by Gasteiger charge is 2.15. The van der Waals surface area contributed by atoms with Crippen LogP contribution in [-0.4, -0.2) is 5.84 Å². The first-order valence-corrected chi connectivity index (χ1v) is 5.96. The average Bonchev–Trinajstić information content (AvgIpc) is 2.46. The minimum Gasteiger partial charge on any atom is -0.383 e. The van der Waals surface area contributed by atoms with Gasteiger partial charge in [-0.25, -0.2) is 9.38 Å². The van der Waals surface area contributed by atoms with Crippen molar-refractivity contribution in [2.24, 2.45) is 10.7 Å². The van der Waals surface area contributed by atoms with Crippen LogP contribution in [0.5, 0.6) is 0 Å². The van der Waals surface area contributed by atoms with Crippen molar-refractivity contribution in [2.45, 2.75) is 9.79 Å². The monoisotopic (exact) mass is 244 g/mol. The molecule has 2 N–H and O–H groups in total. The van der Waals surface area contributed by atoms with E-state index in [-0.39, 0.29) is 5.82 Å². The van der Waals surface area contributed by atoms with Crippen molar-refractivity contribution < 1.29 is 4.39 Å². The van der Waals surface area contributed by atoms with Crippen LogP contribution in [0.1, 0.15) is 5.56 Å². The summed E-state index contributed by atoms with van der Waals surface area (Å²) < 4.78 is 13.2. The summed E-state index contributed by atoms with van der Waals surface area (Å²) in [5, 5.41) is 0. The molecule has 0 aliphatic carbocycles. The normalized spacial score (nSPS) is 13.4. The molecule has 0 bridgehead atoms. The Hall–Kier alpha value is -1.81. The maximum absolute atomic E-state index is 13.2. The van der Waals surface area contributed by atoms with Crippen molar-refractivity contribution in [2.75, 3.05) is 0 Å². The third-order valence-corrected chi connectivity index (χ3v) is 3.68. The molecule has 0 unspecified atom stereocenters. The lowest BCUT2D eigenvalue weighted by atomic mass is 10.2. The highest BCUT2D eigenvalue weighted by atomic mass is 32.2. The van der Waals surface area contributed by atoms with E-state index in [1.807, 2.05) is 24.3 Å². The van der Waals surface area contributed by atoms with Crippen LogP contribution in [-0.2, 0) is 0 Å². The number of para-hydroxylation sites is 1. The quantitative estimate of drug-likeness (QED) is 0.772. The maximum Gasteiger partial charge on any atom is 0.132 e. The summed E-state index contributed by atoms with van der Waals surface area (Å²) in [6.45, 7) is 0. The van der Waals surface area contributed by atoms with E-state index < -0.39 is 0 Å². The van der Waals surface area contributed by atoms with Gasteiger partial charge in [-0.05, 0) is 30.3 Å². The van der Waals surface area contributed by atoms with Gasteiger partial charge >= 0.3 is 0 Å². The largest absolute Gasteiger partial charge is 0.383 e. The molecule has 1 heterocycles. The molecule has 0 spiro atoms. The molecule has 0 aromatic heterocycles. The zero-order valence-electron chi connectivity index (χ0n) is 8.85. The molecule has 0 radical (unpaired) electrons. The third kappa shape index (κ3) is 1.80. The zero-order valence-corrected chi connectivity index (χ0v) is 9.67. The van der Waals surface area contributed by atoms with E-state index in [9.17, 15) is 4.39 Å². The van der Waals surface area contributed by atoms with Crippen molar-refractivity contribution >= 4 is 23.3 Å². The van der Waals surface area contributed by atoms with Crippen LogP contribution < -0.4 is 5.73 Å². The van der Waals surface area contributed by atoms with Gasteiger partial charge in [0.15, 0.2) is 0 Å². The Morgan fingerprint density at radius 2 is 1.88 bits per heavy atom. The topological polar surface area (TPSA) is 38.4 Å². The average molecular weight is 244 g/mol. The molecule has 2 aromatic rings. The number of rotatable bonds is 0. The Kier molecular flexibility index (Phi) is 2.37. The maximum atomic E-state index is 13.2. The SMILES string of the molecule is NC1=Nc2ccccc2Sc2ccc(F)cc21. The first-order valence-electron chi connectivity index (χ1n) is 5.15. The van der Waals surface area contributed by atoms with Gasteiger partial charge in [-0.1, -0.05) is 23.9 Å². The molecule has 3 rings (SSSR count). The van der Waals surface area contributed by atoms with E-state index in [1.165, 1.54) is 12.1 Å². The van der Waals surface area contributed by atoms with E-state index in [0.29, 0.717) is 11.4 Å². The van der Waals surface area contributed by atoms with E-state index in [2.05, 4.69) is 4.99 Å². The second-order valence-electron chi connectivity index (χ2n) is 3.71. The molecule has 0 saturated carbocycles. The highest BCUT2D eigenvalue weighted by molar-refractivity contribution is 7.99. The second-order valence-corrected chi connectivity index (χ2v) is 4.79. The number of nitrogens with zero attached hydrogens (tertiary/aromatic N) is 1. The van der Waals surface area contributed by atoms with Crippen LogP contribution in [0.3, 0.4) is 0 Å². The summed E-state index contributed by atoms with van der Waals surface area (Å²) in [6.07, 6.45) is 0. The van der Waals surface area contributed by atoms with Gasteiger partial charge in [0, 0.05) is 15.4 Å². The molecular formula is C13H9FN2S. The van der Waals surface area contributed by atoms with E-state index in [1.54, 1.807) is 17.8 Å². The number of aliphatic imine (C=N–C) groups is 1. The van der Waals surface area contributed by atoms with Gasteiger partial charge in [-0.3, -0.25) is 0 Å². The summed E-state index contributed by atoms with van der Waals surface area (Å²) in [4.78, 5) is 6.29. The Bertz CT molecular complexity index is 623. The zero-order chi connectivity index (χ0) is 11.8. The Morgan fingerprint density at radius 1 is 1.06 bits per heavy atom. The minimum absolute atomic E-state index is 0.298. The molecule has 1 aliphatic rings. The summed E-state index contributed by atoms with van der Waals surface area (Å²) in [6, 6.07) is 12.3. The highest BCUT2D eigenvalue weighted by Crippen LogP contribution is 2.39. The first-order chi connectivity index (χ1) is 8.24. The van der Waals surface area contributed by atoms with Gasteiger partial charge in [0.2, 0.25) is 0 Å². The van der Waals surface area contributed by atoms with Crippen LogP contribution in [0.25, 0.3) is 0 Å². The minimum atomic E-state index is -0.298. The van der Waals surface area contributed by atoms with Crippen molar-refractivity contribution in [1.82, 2.24) is 0 Å². The molecule has 0 saturated heterocycles. The third-order valence-electron chi connectivity index (χ3n) is 2.54. The number of fused-ring (bicyclic) bond motifs is 2. The fraction of sp³-hybridized carbons (Fsp3) is 0. The van der Waals surface area contributed by atoms with Crippen LogP contribution in [0.15, 0.2) is 57.2 Å². The van der Waals surface area contributed by atoms with Crippen LogP contribution in [0, 0.1) is 5.82 Å². The van der Waals surface area contributed by atoms with Crippen molar-refractivity contribution in [3.63, 3.8) is 0 Å². The Balaban J connectivity index is 2.24. The molecule has 1 aliphatic heterocycles. The summed E-state index contributed by atoms with van der Waals surface area (Å²) in [5.74, 6) is 0.0606. The molecule has 0 fully saturated rings. The lowest BCUT2D eigenvalue weighted by molar-refractivity contribution is 0.626. The number of benzene rings is 2. The van der Waals surface area contributed by atoms with Gasteiger partial charge in [-0.15, -0.1) is 0 Å².